The molecular formula is C11H12F6O4. The van der Waals surface area contributed by atoms with Gasteiger partial charge in [-0.1, -0.05) is 6.58 Å². The highest BCUT2D eigenvalue weighted by molar-refractivity contribution is 5.86. The van der Waals surface area contributed by atoms with E-state index in [1.54, 1.807) is 0 Å². The third-order valence-electron chi connectivity index (χ3n) is 1.95. The molecule has 0 rings (SSSR count). The molecule has 0 aliphatic rings. The van der Waals surface area contributed by atoms with Crippen LogP contribution in [0.15, 0.2) is 12.2 Å². The summed E-state index contributed by atoms with van der Waals surface area (Å²) in [7, 11) is 0. The summed E-state index contributed by atoms with van der Waals surface area (Å²) in [5, 5.41) is 0. The topological polar surface area (TPSA) is 52.6 Å². The molecule has 0 heterocycles. The summed E-state index contributed by atoms with van der Waals surface area (Å²) in [6.45, 7) is 4.23. The fourth-order valence-corrected chi connectivity index (χ4v) is 1.01. The molecule has 0 atom stereocenters. The van der Waals surface area contributed by atoms with Gasteiger partial charge in [-0.15, -0.1) is 0 Å². The van der Waals surface area contributed by atoms with Gasteiger partial charge in [0, 0.05) is 12.0 Å². The van der Waals surface area contributed by atoms with Gasteiger partial charge in [0.1, 0.15) is 0 Å². The van der Waals surface area contributed by atoms with E-state index in [1.165, 1.54) is 6.92 Å². The molecule has 0 unspecified atom stereocenters. The molecular weight excluding hydrogens is 310 g/mol. The van der Waals surface area contributed by atoms with Crippen molar-refractivity contribution in [2.24, 2.45) is 0 Å². The maximum atomic E-state index is 12.1. The lowest BCUT2D eigenvalue weighted by atomic mass is 10.3. The van der Waals surface area contributed by atoms with Gasteiger partial charge in [0.15, 0.2) is 0 Å². The molecule has 0 saturated carbocycles. The minimum absolute atomic E-state index is 0.0618. The van der Waals surface area contributed by atoms with Crippen LogP contribution >= 0.6 is 0 Å². The molecule has 122 valence electrons. The molecule has 0 amide bonds. The number of esters is 2. The number of ether oxygens (including phenoxy) is 2. The predicted molar refractivity (Wildman–Crippen MR) is 57.0 cm³/mol. The van der Waals surface area contributed by atoms with Crippen LogP contribution in [0.25, 0.3) is 0 Å². The van der Waals surface area contributed by atoms with Crippen molar-refractivity contribution < 1.29 is 45.4 Å². The molecule has 0 aliphatic heterocycles. The van der Waals surface area contributed by atoms with Crippen LogP contribution in [0.5, 0.6) is 0 Å². The van der Waals surface area contributed by atoms with Crippen LogP contribution in [0.2, 0.25) is 0 Å². The summed E-state index contributed by atoms with van der Waals surface area (Å²) >= 11 is 0. The lowest BCUT2D eigenvalue weighted by molar-refractivity contribution is -0.313. The summed E-state index contributed by atoms with van der Waals surface area (Å²) in [5.74, 6) is -2.48. The Labute approximate surface area is 115 Å². The molecule has 21 heavy (non-hydrogen) atoms. The van der Waals surface area contributed by atoms with Crippen molar-refractivity contribution in [3.05, 3.63) is 12.2 Å². The summed E-state index contributed by atoms with van der Waals surface area (Å²) in [4.78, 5) is 21.8. The summed E-state index contributed by atoms with van der Waals surface area (Å²) < 4.78 is 80.4. The second-order valence-corrected chi connectivity index (χ2v) is 3.97. The fourth-order valence-electron chi connectivity index (χ4n) is 1.01. The third-order valence-corrected chi connectivity index (χ3v) is 1.95. The zero-order valence-corrected chi connectivity index (χ0v) is 10.8. The van der Waals surface area contributed by atoms with Gasteiger partial charge in [-0.3, -0.25) is 4.79 Å². The number of hydrogen-bond acceptors (Lipinski definition) is 4. The third kappa shape index (κ3) is 7.57. The molecule has 0 fully saturated rings. The van der Waals surface area contributed by atoms with Gasteiger partial charge in [-0.2, -0.15) is 26.3 Å². The first kappa shape index (κ1) is 19.3. The Morgan fingerprint density at radius 1 is 1.10 bits per heavy atom. The second-order valence-electron chi connectivity index (χ2n) is 3.97. The Hall–Kier alpha value is -1.74. The van der Waals surface area contributed by atoms with Crippen LogP contribution in [0, 0.1) is 0 Å². The standard InChI is InChI=1S/C11H12F6O4/c1-6(2)8(19)20-5-3-4-7(18)21-9(10(12,13)14)11(15,16)17/h9H,1,3-5H2,2H3. The molecule has 0 saturated heterocycles. The van der Waals surface area contributed by atoms with Crippen molar-refractivity contribution >= 4 is 11.9 Å². The van der Waals surface area contributed by atoms with E-state index in [2.05, 4.69) is 16.1 Å². The van der Waals surface area contributed by atoms with Gasteiger partial charge in [0.25, 0.3) is 6.10 Å². The van der Waals surface area contributed by atoms with Crippen LogP contribution < -0.4 is 0 Å². The lowest BCUT2D eigenvalue weighted by Gasteiger charge is -2.22. The van der Waals surface area contributed by atoms with Crippen molar-refractivity contribution in [2.75, 3.05) is 6.61 Å². The molecule has 10 heteroatoms. The van der Waals surface area contributed by atoms with Crippen molar-refractivity contribution in [3.8, 4) is 0 Å². The molecule has 0 N–H and O–H groups in total. The number of rotatable bonds is 6. The minimum atomic E-state index is -5.75. The Morgan fingerprint density at radius 3 is 1.95 bits per heavy atom. The number of halogens is 6. The lowest BCUT2D eigenvalue weighted by Crippen LogP contribution is -2.45. The van der Waals surface area contributed by atoms with Crippen molar-refractivity contribution in [1.82, 2.24) is 0 Å². The maximum absolute atomic E-state index is 12.1. The van der Waals surface area contributed by atoms with E-state index < -0.39 is 36.8 Å². The van der Waals surface area contributed by atoms with Crippen LogP contribution in [0.1, 0.15) is 19.8 Å². The van der Waals surface area contributed by atoms with Crippen LogP contribution in [0.3, 0.4) is 0 Å². The minimum Gasteiger partial charge on any atom is -0.462 e. The van der Waals surface area contributed by atoms with Crippen LogP contribution in [-0.2, 0) is 19.1 Å². The Bertz CT molecular complexity index is 384. The van der Waals surface area contributed by atoms with E-state index in [0.29, 0.717) is 0 Å². The van der Waals surface area contributed by atoms with Crippen molar-refractivity contribution in [3.63, 3.8) is 0 Å². The van der Waals surface area contributed by atoms with Crippen LogP contribution in [0.4, 0.5) is 26.3 Å². The SMILES string of the molecule is C=C(C)C(=O)OCCCC(=O)OC(C(F)(F)F)C(F)(F)F. The zero-order chi connectivity index (χ0) is 16.8. The number of carbonyl (C=O) groups excluding carboxylic acids is 2. The second kappa shape index (κ2) is 7.32. The van der Waals surface area contributed by atoms with E-state index in [9.17, 15) is 35.9 Å². The van der Waals surface area contributed by atoms with Crippen molar-refractivity contribution in [2.45, 2.75) is 38.2 Å². The Morgan fingerprint density at radius 2 is 1.57 bits per heavy atom. The molecule has 0 aliphatic carbocycles. The highest BCUT2D eigenvalue weighted by Gasteiger charge is 2.59. The van der Waals surface area contributed by atoms with Gasteiger partial charge in [-0.05, 0) is 13.3 Å². The van der Waals surface area contributed by atoms with Crippen LogP contribution in [-0.4, -0.2) is 37.0 Å². The van der Waals surface area contributed by atoms with E-state index >= 15 is 0 Å². The Kier molecular flexibility index (Phi) is 6.71. The van der Waals surface area contributed by atoms with E-state index in [1.807, 2.05) is 0 Å². The van der Waals surface area contributed by atoms with Gasteiger partial charge in [0.2, 0.25) is 0 Å². The van der Waals surface area contributed by atoms with Crippen molar-refractivity contribution in [1.29, 1.82) is 0 Å². The zero-order valence-electron chi connectivity index (χ0n) is 10.8. The number of hydrogen-bond donors (Lipinski definition) is 0. The highest BCUT2D eigenvalue weighted by Crippen LogP contribution is 2.35. The molecule has 0 spiro atoms. The summed E-state index contributed by atoms with van der Waals surface area (Å²) in [5.41, 5.74) is 0.0618. The number of alkyl halides is 6. The monoisotopic (exact) mass is 322 g/mol. The normalized spacial score (nSPS) is 12.2. The predicted octanol–water partition coefficient (Wildman–Crippen LogP) is 2.92. The van der Waals surface area contributed by atoms with Gasteiger partial charge in [0.05, 0.1) is 6.61 Å². The van der Waals surface area contributed by atoms with Gasteiger partial charge in [-0.25, -0.2) is 4.79 Å². The first-order valence-corrected chi connectivity index (χ1v) is 5.51. The molecule has 0 aromatic heterocycles. The largest absolute Gasteiger partial charge is 0.462 e. The first-order chi connectivity index (χ1) is 9.35. The molecule has 0 radical (unpaired) electrons. The average Bonchev–Trinajstić information content (AvgIpc) is 2.28. The molecule has 4 nitrogen and oxygen atoms in total. The van der Waals surface area contributed by atoms with E-state index in [0.717, 1.165) is 0 Å². The van der Waals surface area contributed by atoms with Gasteiger partial charge < -0.3 is 9.47 Å². The number of carbonyl (C=O) groups is 2. The summed E-state index contributed by atoms with van der Waals surface area (Å²) in [6.07, 6.45) is -16.7. The maximum Gasteiger partial charge on any atom is 0.434 e. The van der Waals surface area contributed by atoms with Gasteiger partial charge >= 0.3 is 24.3 Å². The highest BCUT2D eigenvalue weighted by atomic mass is 19.4. The molecule has 0 aromatic rings. The fraction of sp³-hybridized carbons (Fsp3) is 0.636. The van der Waals surface area contributed by atoms with E-state index in [4.69, 9.17) is 0 Å². The average molecular weight is 322 g/mol. The molecule has 0 bridgehead atoms. The van der Waals surface area contributed by atoms with E-state index in [-0.39, 0.29) is 18.6 Å². The molecule has 0 aromatic carbocycles. The Balaban J connectivity index is 4.29. The first-order valence-electron chi connectivity index (χ1n) is 5.51. The quantitative estimate of drug-likeness (QED) is 0.326. The summed E-state index contributed by atoms with van der Waals surface area (Å²) in [6, 6.07) is 0. The smallest absolute Gasteiger partial charge is 0.434 e.